The Labute approximate surface area is 162 Å². The van der Waals surface area contributed by atoms with Crippen LogP contribution < -0.4 is 10.9 Å². The number of anilines is 1. The van der Waals surface area contributed by atoms with E-state index in [4.69, 9.17) is 11.6 Å². The fraction of sp³-hybridized carbons (Fsp3) is 0.190. The number of nitrogens with zero attached hydrogens (tertiary/aromatic N) is 1. The molecule has 0 aliphatic carbocycles. The second-order valence-electron chi connectivity index (χ2n) is 6.44. The van der Waals surface area contributed by atoms with Crippen molar-refractivity contribution in [3.63, 3.8) is 0 Å². The summed E-state index contributed by atoms with van der Waals surface area (Å²) in [5, 5.41) is 3.59. The minimum atomic E-state index is -0.189. The first-order chi connectivity index (χ1) is 12.9. The number of rotatable bonds is 5. The summed E-state index contributed by atoms with van der Waals surface area (Å²) in [6.07, 6.45) is 0.992. The predicted octanol–water partition coefficient (Wildman–Crippen LogP) is 4.28. The number of aromatic nitrogens is 2. The van der Waals surface area contributed by atoms with Gasteiger partial charge < -0.3 is 10.3 Å². The second-order valence-corrected chi connectivity index (χ2v) is 6.85. The first kappa shape index (κ1) is 18.9. The van der Waals surface area contributed by atoms with Crippen LogP contribution >= 0.6 is 11.6 Å². The molecule has 6 heteroatoms. The number of benzene rings is 2. The normalized spacial score (nSPS) is 10.6. The Bertz CT molecular complexity index is 1030. The molecule has 0 fully saturated rings. The van der Waals surface area contributed by atoms with Crippen LogP contribution in [0.5, 0.6) is 0 Å². The van der Waals surface area contributed by atoms with E-state index in [-0.39, 0.29) is 11.5 Å². The van der Waals surface area contributed by atoms with E-state index in [1.54, 1.807) is 19.1 Å². The molecule has 0 aliphatic heterocycles. The number of hydrogen-bond donors (Lipinski definition) is 2. The average Bonchev–Trinajstić information content (AvgIpc) is 2.62. The predicted molar refractivity (Wildman–Crippen MR) is 108 cm³/mol. The number of aryl methyl sites for hydroxylation is 3. The van der Waals surface area contributed by atoms with Crippen molar-refractivity contribution in [2.45, 2.75) is 26.7 Å². The number of H-pyrrole nitrogens is 1. The van der Waals surface area contributed by atoms with Crippen LogP contribution in [0.1, 0.15) is 23.2 Å². The molecule has 3 rings (SSSR count). The van der Waals surface area contributed by atoms with Crippen LogP contribution in [0.2, 0.25) is 5.02 Å². The van der Waals surface area contributed by atoms with Crippen molar-refractivity contribution >= 4 is 23.2 Å². The van der Waals surface area contributed by atoms with Gasteiger partial charge in [0.2, 0.25) is 5.91 Å². The molecule has 138 valence electrons. The zero-order chi connectivity index (χ0) is 19.4. The van der Waals surface area contributed by atoms with E-state index in [0.717, 1.165) is 16.7 Å². The van der Waals surface area contributed by atoms with Crippen LogP contribution in [0.3, 0.4) is 0 Å². The summed E-state index contributed by atoms with van der Waals surface area (Å²) in [6.45, 7) is 3.72. The highest BCUT2D eigenvalue weighted by atomic mass is 35.5. The topological polar surface area (TPSA) is 74.8 Å². The molecule has 0 atom stereocenters. The van der Waals surface area contributed by atoms with Gasteiger partial charge in [0.1, 0.15) is 5.82 Å². The number of carbonyl (C=O) groups excluding carboxylic acids is 1. The van der Waals surface area contributed by atoms with E-state index in [1.165, 1.54) is 6.07 Å². The van der Waals surface area contributed by atoms with E-state index >= 15 is 0 Å². The Morgan fingerprint density at radius 2 is 1.85 bits per heavy atom. The highest BCUT2D eigenvalue weighted by molar-refractivity contribution is 6.31. The van der Waals surface area contributed by atoms with E-state index in [0.29, 0.717) is 35.1 Å². The van der Waals surface area contributed by atoms with Gasteiger partial charge in [-0.2, -0.15) is 0 Å². The first-order valence-corrected chi connectivity index (χ1v) is 9.02. The maximum atomic E-state index is 12.2. The SMILES string of the molecule is Cc1cc(=O)[nH]c(-c2ccc(NC(=O)CCc3ccc(C)c(Cl)c3)cc2)n1. The van der Waals surface area contributed by atoms with Gasteiger partial charge in [0.25, 0.3) is 5.56 Å². The van der Waals surface area contributed by atoms with Gasteiger partial charge in [0.05, 0.1) is 0 Å². The van der Waals surface area contributed by atoms with E-state index in [2.05, 4.69) is 15.3 Å². The lowest BCUT2D eigenvalue weighted by atomic mass is 10.1. The van der Waals surface area contributed by atoms with Crippen LogP contribution in [0.15, 0.2) is 53.3 Å². The molecule has 2 N–H and O–H groups in total. The highest BCUT2D eigenvalue weighted by Crippen LogP contribution is 2.19. The third-order valence-electron chi connectivity index (χ3n) is 4.19. The molecular weight excluding hydrogens is 362 g/mol. The van der Waals surface area contributed by atoms with Crippen molar-refractivity contribution in [2.24, 2.45) is 0 Å². The fourth-order valence-electron chi connectivity index (χ4n) is 2.70. The third-order valence-corrected chi connectivity index (χ3v) is 4.60. The summed E-state index contributed by atoms with van der Waals surface area (Å²) in [6, 6.07) is 14.5. The van der Waals surface area contributed by atoms with E-state index in [1.807, 2.05) is 37.3 Å². The van der Waals surface area contributed by atoms with Gasteiger partial charge in [-0.3, -0.25) is 9.59 Å². The van der Waals surface area contributed by atoms with Crippen LogP contribution in [-0.4, -0.2) is 15.9 Å². The van der Waals surface area contributed by atoms with Crippen molar-refractivity contribution in [1.82, 2.24) is 9.97 Å². The van der Waals surface area contributed by atoms with Gasteiger partial charge >= 0.3 is 0 Å². The molecule has 1 amide bonds. The maximum Gasteiger partial charge on any atom is 0.251 e. The molecule has 2 aromatic carbocycles. The Morgan fingerprint density at radius 3 is 2.52 bits per heavy atom. The molecule has 0 saturated heterocycles. The minimum absolute atomic E-state index is 0.0680. The van der Waals surface area contributed by atoms with Crippen LogP contribution in [-0.2, 0) is 11.2 Å². The van der Waals surface area contributed by atoms with E-state index in [9.17, 15) is 9.59 Å². The van der Waals surface area contributed by atoms with Crippen molar-refractivity contribution in [1.29, 1.82) is 0 Å². The standard InChI is InChI=1S/C21H20ClN3O2/c1-13-3-4-15(12-18(13)22)5-10-19(26)24-17-8-6-16(7-9-17)21-23-14(2)11-20(27)25-21/h3-4,6-9,11-12H,5,10H2,1-2H3,(H,24,26)(H,23,25,27). The average molecular weight is 382 g/mol. The first-order valence-electron chi connectivity index (χ1n) is 8.64. The molecule has 0 bridgehead atoms. The summed E-state index contributed by atoms with van der Waals surface area (Å²) in [5.41, 5.74) is 4.00. The number of halogens is 1. The van der Waals surface area contributed by atoms with Gasteiger partial charge in [-0.05, 0) is 61.7 Å². The quantitative estimate of drug-likeness (QED) is 0.692. The Hall–Kier alpha value is -2.92. The van der Waals surface area contributed by atoms with E-state index < -0.39 is 0 Å². The smallest absolute Gasteiger partial charge is 0.251 e. The molecule has 0 radical (unpaired) electrons. The summed E-state index contributed by atoms with van der Waals surface area (Å²) in [5.74, 6) is 0.440. The Morgan fingerprint density at radius 1 is 1.11 bits per heavy atom. The van der Waals surface area contributed by atoms with Gasteiger partial charge in [-0.15, -0.1) is 0 Å². The van der Waals surface area contributed by atoms with Gasteiger partial charge in [0, 0.05) is 34.5 Å². The lowest BCUT2D eigenvalue weighted by Crippen LogP contribution is -2.12. The number of amides is 1. The fourth-order valence-corrected chi connectivity index (χ4v) is 2.90. The monoisotopic (exact) mass is 381 g/mol. The van der Waals surface area contributed by atoms with Crippen LogP contribution in [0.4, 0.5) is 5.69 Å². The van der Waals surface area contributed by atoms with Crippen molar-refractivity contribution in [2.75, 3.05) is 5.32 Å². The molecule has 0 saturated carbocycles. The molecular formula is C21H20ClN3O2. The number of hydrogen-bond acceptors (Lipinski definition) is 3. The Kier molecular flexibility index (Phi) is 5.72. The van der Waals surface area contributed by atoms with Crippen molar-refractivity contribution in [3.8, 4) is 11.4 Å². The lowest BCUT2D eigenvalue weighted by molar-refractivity contribution is -0.116. The molecule has 0 aliphatic rings. The highest BCUT2D eigenvalue weighted by Gasteiger charge is 2.06. The summed E-state index contributed by atoms with van der Waals surface area (Å²) < 4.78 is 0. The maximum absolute atomic E-state index is 12.2. The van der Waals surface area contributed by atoms with Gasteiger partial charge in [-0.25, -0.2) is 4.98 Å². The summed E-state index contributed by atoms with van der Waals surface area (Å²) in [7, 11) is 0. The van der Waals surface area contributed by atoms with Crippen molar-refractivity contribution < 1.29 is 4.79 Å². The number of aromatic amines is 1. The number of nitrogens with one attached hydrogen (secondary N) is 2. The molecule has 0 unspecified atom stereocenters. The van der Waals surface area contributed by atoms with Crippen molar-refractivity contribution in [3.05, 3.63) is 80.7 Å². The molecule has 1 aromatic heterocycles. The zero-order valence-electron chi connectivity index (χ0n) is 15.2. The molecule has 27 heavy (non-hydrogen) atoms. The minimum Gasteiger partial charge on any atom is -0.326 e. The van der Waals surface area contributed by atoms with Crippen LogP contribution in [0.25, 0.3) is 11.4 Å². The lowest BCUT2D eigenvalue weighted by Gasteiger charge is -2.08. The van der Waals surface area contributed by atoms with Crippen LogP contribution in [0, 0.1) is 13.8 Å². The third kappa shape index (κ3) is 5.05. The summed E-state index contributed by atoms with van der Waals surface area (Å²) >= 11 is 6.12. The van der Waals surface area contributed by atoms with Gasteiger partial charge in [0.15, 0.2) is 0 Å². The molecule has 3 aromatic rings. The molecule has 1 heterocycles. The van der Waals surface area contributed by atoms with Gasteiger partial charge in [-0.1, -0.05) is 23.7 Å². The summed E-state index contributed by atoms with van der Waals surface area (Å²) in [4.78, 5) is 30.8. The second kappa shape index (κ2) is 8.18. The molecule has 0 spiro atoms. The Balaban J connectivity index is 1.61. The zero-order valence-corrected chi connectivity index (χ0v) is 15.9. The number of carbonyl (C=O) groups is 1. The largest absolute Gasteiger partial charge is 0.326 e. The molecule has 5 nitrogen and oxygen atoms in total.